The fourth-order valence-electron chi connectivity index (χ4n) is 2.49. The van der Waals surface area contributed by atoms with Crippen LogP contribution in [0.1, 0.15) is 12.5 Å². The van der Waals surface area contributed by atoms with E-state index in [1.54, 1.807) is 0 Å². The minimum atomic E-state index is -4.92. The molecule has 0 unspecified atom stereocenters. The van der Waals surface area contributed by atoms with E-state index < -0.39 is 10.4 Å². The summed E-state index contributed by atoms with van der Waals surface area (Å²) in [6.45, 7) is 2.14. The molecule has 1 aliphatic rings. The molecule has 0 fully saturated rings. The van der Waals surface area contributed by atoms with Crippen molar-refractivity contribution in [3.63, 3.8) is 0 Å². The Labute approximate surface area is 151 Å². The third-order valence-corrected chi connectivity index (χ3v) is 4.90. The van der Waals surface area contributed by atoms with Crippen molar-refractivity contribution in [1.82, 2.24) is 0 Å². The predicted molar refractivity (Wildman–Crippen MR) is 98.7 cm³/mol. The Bertz CT molecular complexity index is 875. The molecule has 2 aromatic rings. The summed E-state index contributed by atoms with van der Waals surface area (Å²) in [6, 6.07) is 10.9. The van der Waals surface area contributed by atoms with Gasteiger partial charge in [0, 0.05) is 25.8 Å². The molecule has 0 aliphatic carbocycles. The number of rotatable bonds is 2. The Balaban J connectivity index is 0.000000399. The number of benzene rings is 2. The van der Waals surface area contributed by atoms with E-state index in [0.29, 0.717) is 0 Å². The van der Waals surface area contributed by atoms with Gasteiger partial charge in [0.15, 0.2) is 5.69 Å². The zero-order valence-corrected chi connectivity index (χ0v) is 15.8. The van der Waals surface area contributed by atoms with Gasteiger partial charge in [-0.3, -0.25) is 9.87 Å². The molecular formula is C16H21N3O4S2. The fourth-order valence-corrected chi connectivity index (χ4v) is 3.57. The molecule has 0 spiro atoms. The third-order valence-electron chi connectivity index (χ3n) is 3.75. The van der Waals surface area contributed by atoms with Gasteiger partial charge in [-0.25, -0.2) is 8.42 Å². The van der Waals surface area contributed by atoms with Gasteiger partial charge in [0.25, 0.3) is 0 Å². The number of hydrogen-bond acceptors (Lipinski definition) is 6. The number of hydrogen-bond donors (Lipinski definition) is 3. The highest BCUT2D eigenvalue weighted by molar-refractivity contribution is 7.99. The van der Waals surface area contributed by atoms with Crippen molar-refractivity contribution in [2.45, 2.75) is 23.1 Å². The van der Waals surface area contributed by atoms with Crippen LogP contribution >= 0.6 is 11.8 Å². The summed E-state index contributed by atoms with van der Waals surface area (Å²) in [4.78, 5) is 4.68. The predicted octanol–water partition coefficient (Wildman–Crippen LogP) is 1.89. The van der Waals surface area contributed by atoms with Gasteiger partial charge in [-0.1, -0.05) is 24.8 Å². The van der Waals surface area contributed by atoms with Crippen molar-refractivity contribution in [2.24, 2.45) is 0 Å². The molecule has 9 heteroatoms. The highest BCUT2D eigenvalue weighted by Gasteiger charge is 2.24. The van der Waals surface area contributed by atoms with Crippen molar-refractivity contribution in [2.75, 3.05) is 24.7 Å². The first-order chi connectivity index (χ1) is 11.6. The smallest absolute Gasteiger partial charge is 0.215 e. The Kier molecular flexibility index (Phi) is 5.96. The maximum Gasteiger partial charge on any atom is 0.215 e. The van der Waals surface area contributed by atoms with Crippen LogP contribution in [0.15, 0.2) is 40.1 Å². The third kappa shape index (κ3) is 5.10. The lowest BCUT2D eigenvalue weighted by atomic mass is 10.1. The molecule has 0 bridgehead atoms. The number of fused-ring (bicyclic) bond motifs is 2. The van der Waals surface area contributed by atoms with Crippen LogP contribution in [0, 0.1) is 0 Å². The van der Waals surface area contributed by atoms with Gasteiger partial charge < -0.3 is 15.2 Å². The van der Waals surface area contributed by atoms with Crippen LogP contribution in [0.5, 0.6) is 0 Å². The van der Waals surface area contributed by atoms with E-state index in [2.05, 4.69) is 61.6 Å². The van der Waals surface area contributed by atoms with E-state index in [-0.39, 0.29) is 0 Å². The molecule has 25 heavy (non-hydrogen) atoms. The van der Waals surface area contributed by atoms with Crippen LogP contribution in [0.25, 0.3) is 0 Å². The number of nitrogen functional groups attached to an aromatic ring is 1. The molecule has 136 valence electrons. The first-order valence-electron chi connectivity index (χ1n) is 7.53. The quantitative estimate of drug-likeness (QED) is 0.351. The number of nitrogens with zero attached hydrogens (tertiary/aromatic N) is 1. The number of nitrogens with two attached hydrogens (primary N) is 2. The van der Waals surface area contributed by atoms with E-state index >= 15 is 0 Å². The Morgan fingerprint density at radius 2 is 1.88 bits per heavy atom. The monoisotopic (exact) mass is 383 g/mol. The molecule has 1 aliphatic heterocycles. The lowest BCUT2D eigenvalue weighted by Gasteiger charge is -2.21. The molecule has 2 aromatic carbocycles. The van der Waals surface area contributed by atoms with E-state index in [1.807, 2.05) is 11.8 Å². The van der Waals surface area contributed by atoms with Gasteiger partial charge in [0.05, 0.1) is 15.5 Å². The molecule has 3 rings (SSSR count). The standard InChI is InChI=1S/C16H19N3S.H2O4S/c1-4-10-5-8-13-16(15(10)17)18-12-7-6-11(19(2)3)9-14(12)20-13;1-5(2,3)4/h5-9,18H,4,17H2,1-3H3;(H2,1,2,3,4). The van der Waals surface area contributed by atoms with Gasteiger partial charge in [0.2, 0.25) is 10.4 Å². The average Bonchev–Trinajstić information content (AvgIpc) is 2.51. The molecule has 1 heterocycles. The van der Waals surface area contributed by atoms with E-state index in [1.165, 1.54) is 32.4 Å². The molecule has 0 atom stereocenters. The van der Waals surface area contributed by atoms with Crippen LogP contribution in [0.2, 0.25) is 0 Å². The van der Waals surface area contributed by atoms with E-state index in [0.717, 1.165) is 12.1 Å². The van der Waals surface area contributed by atoms with Crippen molar-refractivity contribution < 1.29 is 22.8 Å². The summed E-state index contributed by atoms with van der Waals surface area (Å²) in [5.74, 6) is 0. The molecule has 0 amide bonds. The SMILES string of the molecule is CCc1ccc2c(c1N)[NH2+]c1ccc(N(C)C)cc1S2.O=S(=O)([O-])O. The molecule has 5 N–H and O–H groups in total. The maximum absolute atomic E-state index is 8.63. The first kappa shape index (κ1) is 19.5. The Morgan fingerprint density at radius 1 is 1.24 bits per heavy atom. The Morgan fingerprint density at radius 3 is 2.44 bits per heavy atom. The van der Waals surface area contributed by atoms with Crippen LogP contribution in [0.3, 0.4) is 0 Å². The summed E-state index contributed by atoms with van der Waals surface area (Å²) >= 11 is 1.81. The highest BCUT2D eigenvalue weighted by Crippen LogP contribution is 2.43. The number of anilines is 2. The topological polar surface area (TPSA) is 123 Å². The van der Waals surface area contributed by atoms with Crippen molar-refractivity contribution >= 4 is 44.9 Å². The molecule has 7 nitrogen and oxygen atoms in total. The van der Waals surface area contributed by atoms with Crippen molar-refractivity contribution in [3.05, 3.63) is 35.9 Å². The molecule has 0 aromatic heterocycles. The highest BCUT2D eigenvalue weighted by atomic mass is 32.3. The summed E-state index contributed by atoms with van der Waals surface area (Å²) < 4.78 is 32.8. The normalized spacial score (nSPS) is 12.5. The van der Waals surface area contributed by atoms with Crippen LogP contribution in [0.4, 0.5) is 22.7 Å². The second-order valence-electron chi connectivity index (χ2n) is 5.69. The second-order valence-corrected chi connectivity index (χ2v) is 7.63. The second kappa shape index (κ2) is 7.63. The van der Waals surface area contributed by atoms with Gasteiger partial charge in [-0.2, -0.15) is 0 Å². The minimum Gasteiger partial charge on any atom is -0.726 e. The Hall–Kier alpha value is -1.78. The van der Waals surface area contributed by atoms with Gasteiger partial charge in [-0.05, 0) is 30.2 Å². The zero-order chi connectivity index (χ0) is 18.8. The van der Waals surface area contributed by atoms with E-state index in [9.17, 15) is 0 Å². The number of quaternary nitrogens is 1. The molecule has 0 saturated heterocycles. The summed E-state index contributed by atoms with van der Waals surface area (Å²) in [5, 5.41) is 2.22. The van der Waals surface area contributed by atoms with Gasteiger partial charge >= 0.3 is 0 Å². The van der Waals surface area contributed by atoms with Crippen molar-refractivity contribution in [1.29, 1.82) is 0 Å². The summed E-state index contributed by atoms with van der Waals surface area (Å²) in [6.07, 6.45) is 0.976. The van der Waals surface area contributed by atoms with Crippen molar-refractivity contribution in [3.8, 4) is 0 Å². The van der Waals surface area contributed by atoms with Gasteiger partial charge in [0.1, 0.15) is 5.69 Å². The van der Waals surface area contributed by atoms with Crippen LogP contribution in [-0.2, 0) is 16.8 Å². The first-order valence-corrected chi connectivity index (χ1v) is 9.72. The van der Waals surface area contributed by atoms with Crippen LogP contribution < -0.4 is 16.0 Å². The lowest BCUT2D eigenvalue weighted by molar-refractivity contribution is -0.484. The minimum absolute atomic E-state index is 0.930. The average molecular weight is 383 g/mol. The zero-order valence-electron chi connectivity index (χ0n) is 14.2. The molecule has 0 saturated carbocycles. The van der Waals surface area contributed by atoms with E-state index in [4.69, 9.17) is 23.3 Å². The largest absolute Gasteiger partial charge is 0.726 e. The fraction of sp³-hybridized carbons (Fsp3) is 0.250. The lowest BCUT2D eigenvalue weighted by Crippen LogP contribution is -2.72. The van der Waals surface area contributed by atoms with Crippen LogP contribution in [-0.4, -0.2) is 31.6 Å². The summed E-state index contributed by atoms with van der Waals surface area (Å²) in [5.41, 5.74) is 12.1. The van der Waals surface area contributed by atoms with Gasteiger partial charge in [-0.15, -0.1) is 0 Å². The maximum atomic E-state index is 8.63. The molecular weight excluding hydrogens is 362 g/mol. The number of aryl methyl sites for hydroxylation is 1. The molecule has 0 radical (unpaired) electrons. The summed E-state index contributed by atoms with van der Waals surface area (Å²) in [7, 11) is -0.781.